The van der Waals surface area contributed by atoms with Crippen molar-refractivity contribution in [1.82, 2.24) is 5.32 Å². The molecule has 1 atom stereocenters. The van der Waals surface area contributed by atoms with Crippen LogP contribution < -0.4 is 5.32 Å². The zero-order valence-corrected chi connectivity index (χ0v) is 17.1. The van der Waals surface area contributed by atoms with Crippen LogP contribution in [0.4, 0.5) is 0 Å². The van der Waals surface area contributed by atoms with E-state index in [9.17, 15) is 14.5 Å². The molecule has 0 spiro atoms. The summed E-state index contributed by atoms with van der Waals surface area (Å²) in [6, 6.07) is 0. The maximum atomic E-state index is 13.3. The van der Waals surface area contributed by atoms with Crippen LogP contribution in [0.5, 0.6) is 0 Å². The lowest BCUT2D eigenvalue weighted by Gasteiger charge is -2.28. The van der Waals surface area contributed by atoms with Gasteiger partial charge in [0.2, 0.25) is 11.6 Å². The summed E-state index contributed by atoms with van der Waals surface area (Å²) >= 11 is 0. The van der Waals surface area contributed by atoms with Gasteiger partial charge in [0.05, 0.1) is 5.70 Å². The molecule has 0 aromatic carbocycles. The molecule has 2 aliphatic carbocycles. The molecule has 2 rings (SSSR count). The van der Waals surface area contributed by atoms with E-state index in [1.54, 1.807) is 0 Å². The number of hydrogen-bond acceptors (Lipinski definition) is 5. The van der Waals surface area contributed by atoms with Crippen molar-refractivity contribution >= 4 is 11.6 Å². The maximum Gasteiger partial charge on any atom is 0.213 e. The van der Waals surface area contributed by atoms with Crippen molar-refractivity contribution in [3.63, 3.8) is 0 Å². The van der Waals surface area contributed by atoms with E-state index >= 15 is 0 Å². The van der Waals surface area contributed by atoms with Crippen LogP contribution in [0.15, 0.2) is 39.4 Å². The van der Waals surface area contributed by atoms with E-state index in [2.05, 4.69) is 31.3 Å². The Hall–Kier alpha value is -2.04. The molecule has 27 heavy (non-hydrogen) atoms. The number of ketones is 2. The largest absolute Gasteiger partial charge is 0.381 e. The highest BCUT2D eigenvalue weighted by atomic mass is 16.3. The highest BCUT2D eigenvalue weighted by Crippen LogP contribution is 2.36. The zero-order valence-electron chi connectivity index (χ0n) is 17.1. The number of Topliss-reactive ketones (excluding diaryl/α,β-unsaturated/α-hetero) is 2. The van der Waals surface area contributed by atoms with E-state index in [0.717, 1.165) is 38.5 Å². The molecule has 0 aromatic heterocycles. The molecule has 0 saturated heterocycles. The first-order chi connectivity index (χ1) is 12.9. The lowest BCUT2D eigenvalue weighted by atomic mass is 9.78. The summed E-state index contributed by atoms with van der Waals surface area (Å²) in [5, 5.41) is 6.25. The fourth-order valence-corrected chi connectivity index (χ4v) is 3.81. The standard InChI is InChI=1S/C22H32N2O3/c1-5-6-7-11-17-19(23-13-14(2)3)22(26)18(20(24-27)21(17)25)16-10-8-9-15(4)12-16/h12,14,16,23H,5-11,13H2,1-4H3/t16-/m0/s1. The molecule has 0 unspecified atom stereocenters. The summed E-state index contributed by atoms with van der Waals surface area (Å²) in [5.41, 5.74) is 2.14. The second kappa shape index (κ2) is 9.77. The third-order valence-corrected chi connectivity index (χ3v) is 5.27. The van der Waals surface area contributed by atoms with Crippen molar-refractivity contribution in [1.29, 1.82) is 0 Å². The number of nitroso groups, excluding NO2 is 1. The lowest BCUT2D eigenvalue weighted by Crippen LogP contribution is -2.35. The first kappa shape index (κ1) is 21.3. The Bertz CT molecular complexity index is 698. The fraction of sp³-hybridized carbons (Fsp3) is 0.636. The minimum atomic E-state index is -0.362. The van der Waals surface area contributed by atoms with Gasteiger partial charge in [0, 0.05) is 23.6 Å². The molecule has 1 N–H and O–H groups in total. The van der Waals surface area contributed by atoms with E-state index < -0.39 is 0 Å². The summed E-state index contributed by atoms with van der Waals surface area (Å²) in [6.07, 6.45) is 8.07. The molecule has 5 nitrogen and oxygen atoms in total. The molecule has 0 saturated carbocycles. The van der Waals surface area contributed by atoms with Gasteiger partial charge in [0.1, 0.15) is 0 Å². The molecule has 148 valence electrons. The summed E-state index contributed by atoms with van der Waals surface area (Å²) < 4.78 is 0. The Balaban J connectivity index is 2.45. The van der Waals surface area contributed by atoms with E-state index in [1.165, 1.54) is 5.57 Å². The highest BCUT2D eigenvalue weighted by molar-refractivity contribution is 6.25. The van der Waals surface area contributed by atoms with Gasteiger partial charge in [-0.05, 0) is 50.1 Å². The SMILES string of the molecule is CCCCCC1=C(NCC(C)C)C(=O)C([C@@H]2C=C(C)CCC2)=C(N=O)C1=O. The first-order valence-corrected chi connectivity index (χ1v) is 10.2. The maximum absolute atomic E-state index is 13.3. The first-order valence-electron chi connectivity index (χ1n) is 10.2. The van der Waals surface area contributed by atoms with Gasteiger partial charge in [-0.3, -0.25) is 9.59 Å². The molecule has 5 heteroatoms. The molecule has 0 aromatic rings. The van der Waals surface area contributed by atoms with Crippen LogP contribution in [-0.2, 0) is 9.59 Å². The second-order valence-electron chi connectivity index (χ2n) is 8.11. The van der Waals surface area contributed by atoms with E-state index in [-0.39, 0.29) is 23.2 Å². The predicted molar refractivity (Wildman–Crippen MR) is 108 cm³/mol. The van der Waals surface area contributed by atoms with Crippen molar-refractivity contribution in [3.05, 3.63) is 39.1 Å². The molecule has 0 fully saturated rings. The third kappa shape index (κ3) is 5.02. The summed E-state index contributed by atoms with van der Waals surface area (Å²) in [6.45, 7) is 8.85. The normalized spacial score (nSPS) is 21.1. The molecule has 2 aliphatic rings. The Morgan fingerprint density at radius 1 is 1.22 bits per heavy atom. The second-order valence-corrected chi connectivity index (χ2v) is 8.11. The van der Waals surface area contributed by atoms with Crippen molar-refractivity contribution in [2.45, 2.75) is 72.6 Å². The number of allylic oxidation sites excluding steroid dienone is 4. The van der Waals surface area contributed by atoms with Gasteiger partial charge in [-0.1, -0.05) is 45.3 Å². The summed E-state index contributed by atoms with van der Waals surface area (Å²) in [5.74, 6) is -0.436. The molecule has 0 bridgehead atoms. The van der Waals surface area contributed by atoms with Crippen LogP contribution in [-0.4, -0.2) is 18.1 Å². The quantitative estimate of drug-likeness (QED) is 0.268. The topological polar surface area (TPSA) is 75.6 Å². The van der Waals surface area contributed by atoms with Crippen molar-refractivity contribution in [3.8, 4) is 0 Å². The molecule has 0 radical (unpaired) electrons. The Kier molecular flexibility index (Phi) is 7.69. The average molecular weight is 373 g/mol. The molecule has 0 aliphatic heterocycles. The van der Waals surface area contributed by atoms with Crippen LogP contribution in [0, 0.1) is 16.7 Å². The minimum absolute atomic E-state index is 0.169. The Morgan fingerprint density at radius 2 is 1.96 bits per heavy atom. The van der Waals surface area contributed by atoms with Crippen LogP contribution in [0.3, 0.4) is 0 Å². The summed E-state index contributed by atoms with van der Waals surface area (Å²) in [4.78, 5) is 38.0. The minimum Gasteiger partial charge on any atom is -0.381 e. The number of nitrogens with zero attached hydrogens (tertiary/aromatic N) is 1. The number of unbranched alkanes of at least 4 members (excludes halogenated alkanes) is 2. The van der Waals surface area contributed by atoms with Crippen molar-refractivity contribution < 1.29 is 9.59 Å². The van der Waals surface area contributed by atoms with Gasteiger partial charge in [-0.25, -0.2) is 0 Å². The smallest absolute Gasteiger partial charge is 0.213 e. The van der Waals surface area contributed by atoms with Gasteiger partial charge in [0.15, 0.2) is 5.70 Å². The third-order valence-electron chi connectivity index (χ3n) is 5.27. The molecular formula is C22H32N2O3. The van der Waals surface area contributed by atoms with E-state index in [0.29, 0.717) is 35.7 Å². The molecular weight excluding hydrogens is 340 g/mol. The highest BCUT2D eigenvalue weighted by Gasteiger charge is 2.38. The summed E-state index contributed by atoms with van der Waals surface area (Å²) in [7, 11) is 0. The van der Waals surface area contributed by atoms with Crippen molar-refractivity contribution in [2.24, 2.45) is 17.0 Å². The van der Waals surface area contributed by atoms with Gasteiger partial charge in [-0.2, -0.15) is 0 Å². The number of hydrogen-bond donors (Lipinski definition) is 1. The van der Waals surface area contributed by atoms with E-state index in [1.807, 2.05) is 13.0 Å². The van der Waals surface area contributed by atoms with E-state index in [4.69, 9.17) is 0 Å². The van der Waals surface area contributed by atoms with Crippen LogP contribution in [0.25, 0.3) is 0 Å². The lowest BCUT2D eigenvalue weighted by molar-refractivity contribution is -0.117. The van der Waals surface area contributed by atoms with Crippen LogP contribution in [0.2, 0.25) is 0 Å². The number of rotatable bonds is 9. The van der Waals surface area contributed by atoms with Gasteiger partial charge in [0.25, 0.3) is 0 Å². The predicted octanol–water partition coefficient (Wildman–Crippen LogP) is 4.99. The van der Waals surface area contributed by atoms with Gasteiger partial charge >= 0.3 is 0 Å². The van der Waals surface area contributed by atoms with Gasteiger partial charge in [-0.15, -0.1) is 4.91 Å². The zero-order chi connectivity index (χ0) is 20.0. The Morgan fingerprint density at radius 3 is 2.56 bits per heavy atom. The number of nitrogens with one attached hydrogen (secondary N) is 1. The van der Waals surface area contributed by atoms with Crippen LogP contribution >= 0.6 is 0 Å². The number of carbonyl (C=O) groups excluding carboxylic acids is 2. The molecule has 0 amide bonds. The molecule has 0 heterocycles. The van der Waals surface area contributed by atoms with Gasteiger partial charge < -0.3 is 5.32 Å². The average Bonchev–Trinajstić information content (AvgIpc) is 2.63. The number of carbonyl (C=O) groups is 2. The fourth-order valence-electron chi connectivity index (χ4n) is 3.81. The van der Waals surface area contributed by atoms with Crippen LogP contribution in [0.1, 0.15) is 72.6 Å². The Labute approximate surface area is 162 Å². The van der Waals surface area contributed by atoms with Crippen molar-refractivity contribution in [2.75, 3.05) is 6.54 Å². The monoisotopic (exact) mass is 372 g/mol.